The SMILES string of the molecule is CCN(Cc1cccc(F)c1)C(=O)CSc1nnc(NC)s1. The number of hydrogen-bond acceptors (Lipinski definition) is 6. The maximum Gasteiger partial charge on any atom is 0.233 e. The number of hydrogen-bond donors (Lipinski definition) is 1. The van der Waals surface area contributed by atoms with Crippen LogP contribution in [0.5, 0.6) is 0 Å². The van der Waals surface area contributed by atoms with Crippen LogP contribution in [-0.2, 0) is 11.3 Å². The first-order valence-corrected chi connectivity index (χ1v) is 8.59. The summed E-state index contributed by atoms with van der Waals surface area (Å²) in [6.07, 6.45) is 0. The fraction of sp³-hybridized carbons (Fsp3) is 0.357. The fourth-order valence-electron chi connectivity index (χ4n) is 1.82. The third-order valence-electron chi connectivity index (χ3n) is 2.94. The summed E-state index contributed by atoms with van der Waals surface area (Å²) in [5.41, 5.74) is 0.786. The van der Waals surface area contributed by atoms with Crippen molar-refractivity contribution in [1.82, 2.24) is 15.1 Å². The minimum Gasteiger partial charge on any atom is -0.363 e. The molecule has 1 heterocycles. The molecule has 1 aromatic carbocycles. The molecule has 0 aliphatic carbocycles. The Morgan fingerprint density at radius 2 is 2.27 bits per heavy atom. The van der Waals surface area contributed by atoms with Crippen molar-refractivity contribution < 1.29 is 9.18 Å². The molecule has 0 unspecified atom stereocenters. The normalized spacial score (nSPS) is 10.5. The Balaban J connectivity index is 1.91. The number of nitrogens with one attached hydrogen (secondary N) is 1. The first kappa shape index (κ1) is 16.7. The van der Waals surface area contributed by atoms with Crippen molar-refractivity contribution >= 4 is 34.1 Å². The van der Waals surface area contributed by atoms with Crippen molar-refractivity contribution in [2.24, 2.45) is 0 Å². The number of rotatable bonds is 7. The quantitative estimate of drug-likeness (QED) is 0.786. The van der Waals surface area contributed by atoms with E-state index < -0.39 is 0 Å². The van der Waals surface area contributed by atoms with Gasteiger partial charge in [-0.25, -0.2) is 4.39 Å². The number of carbonyl (C=O) groups excluding carboxylic acids is 1. The van der Waals surface area contributed by atoms with Crippen molar-refractivity contribution in [1.29, 1.82) is 0 Å². The number of benzene rings is 1. The molecule has 0 saturated heterocycles. The maximum atomic E-state index is 13.2. The van der Waals surface area contributed by atoms with E-state index in [1.54, 1.807) is 18.0 Å². The number of aromatic nitrogens is 2. The number of thioether (sulfide) groups is 1. The number of carbonyl (C=O) groups is 1. The largest absolute Gasteiger partial charge is 0.363 e. The lowest BCUT2D eigenvalue weighted by Crippen LogP contribution is -2.31. The van der Waals surface area contributed by atoms with Crippen molar-refractivity contribution in [3.8, 4) is 0 Å². The smallest absolute Gasteiger partial charge is 0.233 e. The minimum absolute atomic E-state index is 0.00188. The van der Waals surface area contributed by atoms with Crippen LogP contribution in [0.3, 0.4) is 0 Å². The number of anilines is 1. The van der Waals surface area contributed by atoms with Crippen molar-refractivity contribution in [3.63, 3.8) is 0 Å². The molecule has 22 heavy (non-hydrogen) atoms. The molecule has 0 aliphatic rings. The van der Waals surface area contributed by atoms with Crippen LogP contribution in [-0.4, -0.2) is 40.3 Å². The van der Waals surface area contributed by atoms with Crippen LogP contribution in [0.15, 0.2) is 28.6 Å². The maximum absolute atomic E-state index is 13.2. The zero-order valence-electron chi connectivity index (χ0n) is 12.4. The second kappa shape index (κ2) is 8.09. The zero-order valence-corrected chi connectivity index (χ0v) is 14.0. The summed E-state index contributed by atoms with van der Waals surface area (Å²) >= 11 is 2.77. The average Bonchev–Trinajstić information content (AvgIpc) is 2.98. The van der Waals surface area contributed by atoms with Crippen LogP contribution >= 0.6 is 23.1 Å². The van der Waals surface area contributed by atoms with Gasteiger partial charge in [0.25, 0.3) is 0 Å². The topological polar surface area (TPSA) is 58.1 Å². The molecule has 1 aromatic heterocycles. The molecule has 1 N–H and O–H groups in total. The van der Waals surface area contributed by atoms with E-state index in [-0.39, 0.29) is 11.7 Å². The van der Waals surface area contributed by atoms with Gasteiger partial charge in [0.1, 0.15) is 5.82 Å². The van der Waals surface area contributed by atoms with Crippen molar-refractivity contribution in [2.75, 3.05) is 24.7 Å². The van der Waals surface area contributed by atoms with E-state index in [1.165, 1.54) is 35.2 Å². The lowest BCUT2D eigenvalue weighted by atomic mass is 10.2. The summed E-state index contributed by atoms with van der Waals surface area (Å²) in [6.45, 7) is 2.89. The van der Waals surface area contributed by atoms with E-state index in [9.17, 15) is 9.18 Å². The Hall–Kier alpha value is -1.67. The molecule has 0 atom stereocenters. The highest BCUT2D eigenvalue weighted by atomic mass is 32.2. The predicted molar refractivity (Wildman–Crippen MR) is 87.7 cm³/mol. The van der Waals surface area contributed by atoms with E-state index in [1.807, 2.05) is 13.0 Å². The summed E-state index contributed by atoms with van der Waals surface area (Å²) in [5, 5.41) is 11.5. The van der Waals surface area contributed by atoms with Gasteiger partial charge in [0.2, 0.25) is 11.0 Å². The van der Waals surface area contributed by atoms with Crippen molar-refractivity contribution in [2.45, 2.75) is 17.8 Å². The number of halogens is 1. The summed E-state index contributed by atoms with van der Waals surface area (Å²) in [6, 6.07) is 6.31. The van der Waals surface area contributed by atoms with Crippen LogP contribution in [0, 0.1) is 5.82 Å². The molecule has 118 valence electrons. The predicted octanol–water partition coefficient (Wildman–Crippen LogP) is 2.86. The Morgan fingerprint density at radius 3 is 2.91 bits per heavy atom. The molecule has 0 bridgehead atoms. The summed E-state index contributed by atoms with van der Waals surface area (Å²) in [5.74, 6) is 0.00316. The Labute approximate surface area is 136 Å². The van der Waals surface area contributed by atoms with Gasteiger partial charge in [-0.1, -0.05) is 35.2 Å². The van der Waals surface area contributed by atoms with E-state index >= 15 is 0 Å². The summed E-state index contributed by atoms with van der Waals surface area (Å²) in [4.78, 5) is 14.0. The van der Waals surface area contributed by atoms with Crippen LogP contribution in [0.4, 0.5) is 9.52 Å². The van der Waals surface area contributed by atoms with Crippen LogP contribution in [0.2, 0.25) is 0 Å². The van der Waals surface area contributed by atoms with Gasteiger partial charge < -0.3 is 10.2 Å². The summed E-state index contributed by atoms with van der Waals surface area (Å²) in [7, 11) is 1.78. The first-order valence-electron chi connectivity index (χ1n) is 6.78. The second-order valence-corrected chi connectivity index (χ2v) is 6.65. The summed E-state index contributed by atoms with van der Waals surface area (Å²) < 4.78 is 14.0. The number of amides is 1. The lowest BCUT2D eigenvalue weighted by molar-refractivity contribution is -0.128. The third kappa shape index (κ3) is 4.67. The first-order chi connectivity index (χ1) is 10.6. The molecule has 2 rings (SSSR count). The molecule has 0 radical (unpaired) electrons. The van der Waals surface area contributed by atoms with Gasteiger partial charge in [-0.2, -0.15) is 0 Å². The van der Waals surface area contributed by atoms with Gasteiger partial charge in [-0.05, 0) is 24.6 Å². The average molecular weight is 340 g/mol. The van der Waals surface area contributed by atoms with Crippen LogP contribution in [0.25, 0.3) is 0 Å². The van der Waals surface area contributed by atoms with Gasteiger partial charge in [0.15, 0.2) is 4.34 Å². The highest BCUT2D eigenvalue weighted by Gasteiger charge is 2.14. The minimum atomic E-state index is -0.288. The van der Waals surface area contributed by atoms with E-state index in [4.69, 9.17) is 0 Å². The standard InChI is InChI=1S/C14H17FN4OS2/c1-3-19(8-10-5-4-6-11(15)7-10)12(20)9-21-14-18-17-13(16-2)22-14/h4-7H,3,8-9H2,1-2H3,(H,16,17). The monoisotopic (exact) mass is 340 g/mol. The molecule has 0 spiro atoms. The van der Waals surface area contributed by atoms with Gasteiger partial charge in [0.05, 0.1) is 5.75 Å². The van der Waals surface area contributed by atoms with Gasteiger partial charge in [-0.15, -0.1) is 10.2 Å². The van der Waals surface area contributed by atoms with Gasteiger partial charge >= 0.3 is 0 Å². The molecule has 0 aliphatic heterocycles. The molecule has 2 aromatic rings. The molecule has 5 nitrogen and oxygen atoms in total. The Morgan fingerprint density at radius 1 is 1.45 bits per heavy atom. The second-order valence-electron chi connectivity index (χ2n) is 4.45. The molecule has 0 saturated carbocycles. The molecule has 0 fully saturated rings. The molecule has 8 heteroatoms. The molecular weight excluding hydrogens is 323 g/mol. The fourth-order valence-corrected chi connectivity index (χ4v) is 3.42. The van der Waals surface area contributed by atoms with Crippen molar-refractivity contribution in [3.05, 3.63) is 35.6 Å². The van der Waals surface area contributed by atoms with E-state index in [0.29, 0.717) is 18.8 Å². The Bertz CT molecular complexity index is 635. The zero-order chi connectivity index (χ0) is 15.9. The van der Waals surface area contributed by atoms with Crippen LogP contribution < -0.4 is 5.32 Å². The third-order valence-corrected chi connectivity index (χ3v) is 5.00. The highest BCUT2D eigenvalue weighted by molar-refractivity contribution is 8.01. The Kier molecular flexibility index (Phi) is 6.14. The number of nitrogens with zero attached hydrogens (tertiary/aromatic N) is 3. The molecule has 1 amide bonds. The van der Waals surface area contributed by atoms with Gasteiger partial charge in [-0.3, -0.25) is 4.79 Å². The van der Waals surface area contributed by atoms with E-state index in [0.717, 1.165) is 15.0 Å². The van der Waals surface area contributed by atoms with Gasteiger partial charge in [0, 0.05) is 20.1 Å². The highest BCUT2D eigenvalue weighted by Crippen LogP contribution is 2.25. The molecular formula is C14H17FN4OS2. The lowest BCUT2D eigenvalue weighted by Gasteiger charge is -2.20. The van der Waals surface area contributed by atoms with Crippen LogP contribution in [0.1, 0.15) is 12.5 Å². The van der Waals surface area contributed by atoms with E-state index in [2.05, 4.69) is 15.5 Å².